The Kier molecular flexibility index (Phi) is 6.14. The van der Waals surface area contributed by atoms with Gasteiger partial charge in [0.15, 0.2) is 0 Å². The third-order valence-electron chi connectivity index (χ3n) is 5.01. The van der Waals surface area contributed by atoms with Gasteiger partial charge in [0.25, 0.3) is 5.95 Å². The number of nitrogens with one attached hydrogen (secondary N) is 1. The molecule has 1 unspecified atom stereocenters. The molecule has 0 saturated carbocycles. The second-order valence-electron chi connectivity index (χ2n) is 7.39. The summed E-state index contributed by atoms with van der Waals surface area (Å²) in [5.74, 6) is 6.43. The Morgan fingerprint density at radius 1 is 1.19 bits per heavy atom. The van der Waals surface area contributed by atoms with Crippen molar-refractivity contribution in [1.29, 1.82) is 0 Å². The Labute approximate surface area is 184 Å². The fourth-order valence-corrected chi connectivity index (χ4v) is 4.12. The number of nitrogen functional groups attached to an aromatic ring is 1. The molecular weight excluding hydrogens is 416 g/mol. The van der Waals surface area contributed by atoms with Gasteiger partial charge in [0, 0.05) is 30.2 Å². The van der Waals surface area contributed by atoms with E-state index in [9.17, 15) is 4.79 Å². The lowest BCUT2D eigenvalue weighted by Crippen LogP contribution is -2.36. The molecule has 0 spiro atoms. The molecular formula is C20H26N8O2S. The van der Waals surface area contributed by atoms with Gasteiger partial charge in [-0.1, -0.05) is 11.8 Å². The summed E-state index contributed by atoms with van der Waals surface area (Å²) < 4.78 is 8.37. The van der Waals surface area contributed by atoms with E-state index in [4.69, 9.17) is 10.6 Å². The molecule has 164 valence electrons. The zero-order valence-corrected chi connectivity index (χ0v) is 18.6. The number of rotatable bonds is 6. The van der Waals surface area contributed by atoms with Crippen LogP contribution in [0.5, 0.6) is 0 Å². The molecule has 1 amide bonds. The van der Waals surface area contributed by atoms with Crippen LogP contribution >= 0.6 is 11.8 Å². The van der Waals surface area contributed by atoms with Gasteiger partial charge in [0.1, 0.15) is 0 Å². The number of nitrogens with two attached hydrogens (primary N) is 1. The minimum Gasteiger partial charge on any atom is -0.378 e. The average molecular weight is 443 g/mol. The van der Waals surface area contributed by atoms with E-state index in [1.54, 1.807) is 11.6 Å². The van der Waals surface area contributed by atoms with Crippen LogP contribution in [0.2, 0.25) is 0 Å². The molecule has 3 N–H and O–H groups in total. The van der Waals surface area contributed by atoms with Crippen molar-refractivity contribution < 1.29 is 9.53 Å². The van der Waals surface area contributed by atoms with E-state index >= 15 is 0 Å². The summed E-state index contributed by atoms with van der Waals surface area (Å²) in [6.07, 6.45) is 0. The Morgan fingerprint density at radius 2 is 1.90 bits per heavy atom. The van der Waals surface area contributed by atoms with Crippen molar-refractivity contribution in [3.8, 4) is 5.95 Å². The second-order valence-corrected chi connectivity index (χ2v) is 8.70. The van der Waals surface area contributed by atoms with Crippen LogP contribution in [0.15, 0.2) is 35.5 Å². The molecule has 2 aromatic heterocycles. The summed E-state index contributed by atoms with van der Waals surface area (Å²) in [5, 5.41) is 15.6. The van der Waals surface area contributed by atoms with Crippen LogP contribution in [0.1, 0.15) is 18.3 Å². The molecule has 1 fully saturated rings. The molecule has 31 heavy (non-hydrogen) atoms. The number of benzene rings is 1. The maximum absolute atomic E-state index is 12.7. The smallest absolute Gasteiger partial charge is 0.271 e. The average Bonchev–Trinajstić information content (AvgIpc) is 3.29. The highest BCUT2D eigenvalue weighted by Gasteiger charge is 2.21. The highest BCUT2D eigenvalue weighted by atomic mass is 32.2. The van der Waals surface area contributed by atoms with Crippen LogP contribution in [0.25, 0.3) is 5.95 Å². The minimum atomic E-state index is -0.418. The number of morpholine rings is 1. The fraction of sp³-hybridized carbons (Fsp3) is 0.400. The Bertz CT molecular complexity index is 1060. The van der Waals surface area contributed by atoms with Crippen molar-refractivity contribution in [2.24, 2.45) is 0 Å². The largest absolute Gasteiger partial charge is 0.378 e. The van der Waals surface area contributed by atoms with E-state index in [0.717, 1.165) is 49.1 Å². The third-order valence-corrected chi connectivity index (χ3v) is 6.06. The van der Waals surface area contributed by atoms with Crippen LogP contribution < -0.4 is 16.1 Å². The number of ether oxygens (including phenoxy) is 1. The van der Waals surface area contributed by atoms with Crippen LogP contribution in [0.3, 0.4) is 0 Å². The van der Waals surface area contributed by atoms with Gasteiger partial charge < -0.3 is 20.8 Å². The van der Waals surface area contributed by atoms with Crippen molar-refractivity contribution in [2.45, 2.75) is 31.2 Å². The molecule has 1 aromatic carbocycles. The van der Waals surface area contributed by atoms with Crippen LogP contribution in [-0.4, -0.2) is 62.1 Å². The first-order valence-electron chi connectivity index (χ1n) is 10.1. The number of thioether (sulfide) groups is 1. The topological polar surface area (TPSA) is 116 Å². The quantitative estimate of drug-likeness (QED) is 0.438. The van der Waals surface area contributed by atoms with Crippen molar-refractivity contribution >= 4 is 29.0 Å². The second kappa shape index (κ2) is 8.98. The van der Waals surface area contributed by atoms with E-state index in [1.165, 1.54) is 16.4 Å². The number of nitrogens with zero attached hydrogens (tertiary/aromatic N) is 6. The molecule has 1 saturated heterocycles. The molecule has 3 aromatic rings. The number of aryl methyl sites for hydroxylation is 2. The summed E-state index contributed by atoms with van der Waals surface area (Å²) in [6.45, 7) is 8.84. The Morgan fingerprint density at radius 3 is 2.55 bits per heavy atom. The van der Waals surface area contributed by atoms with Gasteiger partial charge >= 0.3 is 0 Å². The van der Waals surface area contributed by atoms with Crippen LogP contribution in [0, 0.1) is 13.8 Å². The predicted octanol–water partition coefficient (Wildman–Crippen LogP) is 1.75. The van der Waals surface area contributed by atoms with E-state index in [-0.39, 0.29) is 5.91 Å². The highest BCUT2D eigenvalue weighted by Crippen LogP contribution is 2.24. The van der Waals surface area contributed by atoms with Crippen molar-refractivity contribution in [3.63, 3.8) is 0 Å². The normalized spacial score (nSPS) is 15.1. The van der Waals surface area contributed by atoms with Gasteiger partial charge in [0.05, 0.1) is 24.2 Å². The van der Waals surface area contributed by atoms with Gasteiger partial charge in [-0.15, -0.1) is 10.2 Å². The van der Waals surface area contributed by atoms with Gasteiger partial charge in [-0.2, -0.15) is 5.10 Å². The minimum absolute atomic E-state index is 0.139. The maximum atomic E-state index is 12.7. The zero-order valence-electron chi connectivity index (χ0n) is 17.8. The molecule has 0 aliphatic carbocycles. The number of anilines is 2. The van der Waals surface area contributed by atoms with E-state index in [0.29, 0.717) is 11.1 Å². The molecule has 1 aliphatic heterocycles. The standard InChI is InChI=1S/C20H26N8O2S/c1-13-12-14(2)28(25-13)19-23-24-20(27(19)21)31-15(3)18(29)22-16-4-6-17(7-5-16)26-8-10-30-11-9-26/h4-7,12,15H,8-11,21H2,1-3H3,(H,22,29). The highest BCUT2D eigenvalue weighted by molar-refractivity contribution is 8.00. The molecule has 11 heteroatoms. The predicted molar refractivity (Wildman–Crippen MR) is 120 cm³/mol. The third kappa shape index (κ3) is 4.67. The van der Waals surface area contributed by atoms with Crippen molar-refractivity contribution in [1.82, 2.24) is 24.7 Å². The first-order chi connectivity index (χ1) is 14.9. The monoisotopic (exact) mass is 442 g/mol. The van der Waals surface area contributed by atoms with Crippen LogP contribution in [0.4, 0.5) is 11.4 Å². The van der Waals surface area contributed by atoms with Crippen LogP contribution in [-0.2, 0) is 9.53 Å². The summed E-state index contributed by atoms with van der Waals surface area (Å²) >= 11 is 1.24. The van der Waals surface area contributed by atoms with E-state index in [2.05, 4.69) is 25.5 Å². The summed E-state index contributed by atoms with van der Waals surface area (Å²) in [5.41, 5.74) is 3.63. The zero-order chi connectivity index (χ0) is 22.0. The number of amides is 1. The lowest BCUT2D eigenvalue weighted by molar-refractivity contribution is -0.115. The first kappa shape index (κ1) is 21.2. The number of aromatic nitrogens is 5. The lowest BCUT2D eigenvalue weighted by atomic mass is 10.2. The molecule has 1 atom stereocenters. The molecule has 4 rings (SSSR count). The molecule has 0 bridgehead atoms. The molecule has 10 nitrogen and oxygen atoms in total. The van der Waals surface area contributed by atoms with Gasteiger partial charge in [0.2, 0.25) is 11.1 Å². The Balaban J connectivity index is 1.38. The molecule has 1 aliphatic rings. The van der Waals surface area contributed by atoms with Gasteiger partial charge in [-0.3, -0.25) is 4.79 Å². The van der Waals surface area contributed by atoms with E-state index in [1.807, 2.05) is 44.2 Å². The van der Waals surface area contributed by atoms with E-state index < -0.39 is 5.25 Å². The Hall–Kier alpha value is -3.05. The van der Waals surface area contributed by atoms with Crippen molar-refractivity contribution in [2.75, 3.05) is 42.4 Å². The van der Waals surface area contributed by atoms with Gasteiger partial charge in [-0.05, 0) is 51.1 Å². The number of hydrogen-bond donors (Lipinski definition) is 2. The molecule has 0 radical (unpaired) electrons. The maximum Gasteiger partial charge on any atom is 0.271 e. The number of carbonyl (C=O) groups excluding carboxylic acids is 1. The SMILES string of the molecule is Cc1cc(C)n(-c2nnc(SC(C)C(=O)Nc3ccc(N4CCOCC4)cc3)n2N)n1. The lowest BCUT2D eigenvalue weighted by Gasteiger charge is -2.28. The summed E-state index contributed by atoms with van der Waals surface area (Å²) in [6, 6.07) is 9.77. The summed E-state index contributed by atoms with van der Waals surface area (Å²) in [7, 11) is 0. The van der Waals surface area contributed by atoms with Crippen molar-refractivity contribution in [3.05, 3.63) is 41.7 Å². The number of carbonyl (C=O) groups is 1. The first-order valence-corrected chi connectivity index (χ1v) is 10.9. The number of hydrogen-bond acceptors (Lipinski definition) is 8. The molecule has 3 heterocycles. The fourth-order valence-electron chi connectivity index (χ4n) is 3.36. The summed E-state index contributed by atoms with van der Waals surface area (Å²) in [4.78, 5) is 14.9. The van der Waals surface area contributed by atoms with Gasteiger partial charge in [-0.25, -0.2) is 9.36 Å².